The van der Waals surface area contributed by atoms with Gasteiger partial charge in [-0.1, -0.05) is 83.1 Å². The van der Waals surface area contributed by atoms with Gasteiger partial charge in [0.1, 0.15) is 0 Å². The molecule has 0 spiro atoms. The van der Waals surface area contributed by atoms with Crippen LogP contribution in [0.25, 0.3) is 0 Å². The van der Waals surface area contributed by atoms with Crippen molar-refractivity contribution in [3.05, 3.63) is 23.3 Å². The largest absolute Gasteiger partial charge is 0.0853 e. The zero-order chi connectivity index (χ0) is 18.7. The number of hydrogen-bond acceptors (Lipinski definition) is 0. The lowest BCUT2D eigenvalue weighted by molar-refractivity contribution is 0.476. The van der Waals surface area contributed by atoms with E-state index >= 15 is 0 Å². The van der Waals surface area contributed by atoms with Gasteiger partial charge in [-0.2, -0.15) is 0 Å². The van der Waals surface area contributed by atoms with Crippen LogP contribution in [0.1, 0.15) is 112 Å². The first-order chi connectivity index (χ1) is 11.9. The van der Waals surface area contributed by atoms with Crippen LogP contribution in [-0.2, 0) is 0 Å². The molecule has 0 aliphatic heterocycles. The van der Waals surface area contributed by atoms with E-state index in [4.69, 9.17) is 0 Å². The minimum Gasteiger partial charge on any atom is -0.0853 e. The highest BCUT2D eigenvalue weighted by Gasteiger charge is 2.11. The van der Waals surface area contributed by atoms with Crippen LogP contribution >= 0.6 is 0 Å². The third-order valence-electron chi connectivity index (χ3n) is 6.35. The van der Waals surface area contributed by atoms with E-state index in [0.717, 1.165) is 23.7 Å². The molecular formula is C25H46. The SMILES string of the molecule is CC1=CCC(C)CC1.CC1=CCC(C)CC1.CC1CCCC(C)CC1. The fourth-order valence-electron chi connectivity index (χ4n) is 3.87. The van der Waals surface area contributed by atoms with E-state index in [-0.39, 0.29) is 0 Å². The van der Waals surface area contributed by atoms with Gasteiger partial charge in [0, 0.05) is 0 Å². The first-order valence-corrected chi connectivity index (χ1v) is 11.2. The zero-order valence-electron chi connectivity index (χ0n) is 18.2. The maximum Gasteiger partial charge on any atom is -0.0320 e. The molecule has 0 saturated heterocycles. The van der Waals surface area contributed by atoms with Gasteiger partial charge in [-0.15, -0.1) is 0 Å². The molecule has 3 rings (SSSR count). The Labute approximate surface area is 159 Å². The van der Waals surface area contributed by atoms with Crippen LogP contribution in [0.4, 0.5) is 0 Å². The molecule has 0 heterocycles. The molecule has 0 bridgehead atoms. The Morgan fingerprint density at radius 2 is 0.960 bits per heavy atom. The Morgan fingerprint density at radius 1 is 0.560 bits per heavy atom. The summed E-state index contributed by atoms with van der Waals surface area (Å²) in [5.74, 6) is 3.90. The molecule has 0 aromatic rings. The van der Waals surface area contributed by atoms with E-state index in [1.807, 2.05) is 0 Å². The Kier molecular flexibility index (Phi) is 11.5. The van der Waals surface area contributed by atoms with E-state index in [0.29, 0.717) is 0 Å². The Balaban J connectivity index is 0.000000188. The third kappa shape index (κ3) is 11.7. The van der Waals surface area contributed by atoms with E-state index in [2.05, 4.69) is 53.7 Å². The highest BCUT2D eigenvalue weighted by Crippen LogP contribution is 2.26. The zero-order valence-corrected chi connectivity index (χ0v) is 18.2. The van der Waals surface area contributed by atoms with E-state index in [9.17, 15) is 0 Å². The highest BCUT2D eigenvalue weighted by atomic mass is 14.2. The topological polar surface area (TPSA) is 0 Å². The van der Waals surface area contributed by atoms with Crippen molar-refractivity contribution < 1.29 is 0 Å². The van der Waals surface area contributed by atoms with Gasteiger partial charge in [-0.05, 0) is 76.0 Å². The van der Waals surface area contributed by atoms with Crippen LogP contribution in [0.5, 0.6) is 0 Å². The molecular weight excluding hydrogens is 300 g/mol. The maximum absolute atomic E-state index is 2.39. The van der Waals surface area contributed by atoms with Crippen molar-refractivity contribution in [2.75, 3.05) is 0 Å². The van der Waals surface area contributed by atoms with Crippen LogP contribution in [0.15, 0.2) is 23.3 Å². The molecule has 1 fully saturated rings. The van der Waals surface area contributed by atoms with Crippen LogP contribution in [0.3, 0.4) is 0 Å². The summed E-state index contributed by atoms with van der Waals surface area (Å²) < 4.78 is 0. The summed E-state index contributed by atoms with van der Waals surface area (Å²) in [5, 5.41) is 0. The van der Waals surface area contributed by atoms with Gasteiger partial charge in [0.15, 0.2) is 0 Å². The lowest BCUT2D eigenvalue weighted by Crippen LogP contribution is -1.98. The van der Waals surface area contributed by atoms with Crippen LogP contribution in [-0.4, -0.2) is 0 Å². The van der Waals surface area contributed by atoms with Gasteiger partial charge in [0.05, 0.1) is 0 Å². The Bertz CT molecular complexity index is 362. The normalized spacial score (nSPS) is 32.7. The smallest absolute Gasteiger partial charge is 0.0320 e. The predicted molar refractivity (Wildman–Crippen MR) is 115 cm³/mol. The van der Waals surface area contributed by atoms with Crippen molar-refractivity contribution in [3.63, 3.8) is 0 Å². The summed E-state index contributed by atoms with van der Waals surface area (Å²) >= 11 is 0. The lowest BCUT2D eigenvalue weighted by Gasteiger charge is -2.14. The maximum atomic E-state index is 2.39. The van der Waals surface area contributed by atoms with Gasteiger partial charge in [0.25, 0.3) is 0 Å². The highest BCUT2D eigenvalue weighted by molar-refractivity contribution is 5.02. The molecule has 0 radical (unpaired) electrons. The fraction of sp³-hybridized carbons (Fsp3) is 0.840. The molecule has 0 aromatic heterocycles. The van der Waals surface area contributed by atoms with E-state index in [1.54, 1.807) is 11.1 Å². The molecule has 146 valence electrons. The summed E-state index contributed by atoms with van der Waals surface area (Å²) in [7, 11) is 0. The van der Waals surface area contributed by atoms with Gasteiger partial charge in [-0.25, -0.2) is 0 Å². The average Bonchev–Trinajstić information content (AvgIpc) is 2.78. The second-order valence-electron chi connectivity index (χ2n) is 9.58. The number of allylic oxidation sites excluding steroid dienone is 4. The van der Waals surface area contributed by atoms with Crippen molar-refractivity contribution >= 4 is 0 Å². The third-order valence-corrected chi connectivity index (χ3v) is 6.35. The molecule has 0 N–H and O–H groups in total. The summed E-state index contributed by atoms with van der Waals surface area (Å²) in [6.07, 6.45) is 20.2. The minimum absolute atomic E-state index is 0.943. The van der Waals surface area contributed by atoms with Crippen LogP contribution in [0.2, 0.25) is 0 Å². The Hall–Kier alpha value is -0.520. The summed E-state index contributed by atoms with van der Waals surface area (Å²) in [6, 6.07) is 0. The number of rotatable bonds is 0. The van der Waals surface area contributed by atoms with Gasteiger partial charge < -0.3 is 0 Å². The fourth-order valence-corrected chi connectivity index (χ4v) is 3.87. The summed E-state index contributed by atoms with van der Waals surface area (Å²) in [6.45, 7) is 13.9. The second kappa shape index (κ2) is 12.8. The molecule has 3 aliphatic carbocycles. The first kappa shape index (κ1) is 22.5. The Morgan fingerprint density at radius 3 is 1.24 bits per heavy atom. The first-order valence-electron chi connectivity index (χ1n) is 11.2. The molecule has 4 unspecified atom stereocenters. The lowest BCUT2D eigenvalue weighted by atomic mass is 9.92. The van der Waals surface area contributed by atoms with Crippen LogP contribution in [0, 0.1) is 23.7 Å². The standard InChI is InChI=1S/C9H18.2C8H14/c1-8-4-3-5-9(2)7-6-8;2*1-7-3-5-8(2)6-4-7/h8-9H,3-7H2,1-2H3;2*3,8H,4-6H2,1-2H3. The van der Waals surface area contributed by atoms with Crippen LogP contribution < -0.4 is 0 Å². The van der Waals surface area contributed by atoms with Crippen molar-refractivity contribution in [1.29, 1.82) is 0 Å². The van der Waals surface area contributed by atoms with Gasteiger partial charge in [-0.3, -0.25) is 0 Å². The predicted octanol–water partition coefficient (Wildman–Crippen LogP) is 8.73. The molecule has 1 saturated carbocycles. The monoisotopic (exact) mass is 346 g/mol. The average molecular weight is 347 g/mol. The molecule has 4 atom stereocenters. The van der Waals surface area contributed by atoms with Gasteiger partial charge >= 0.3 is 0 Å². The number of hydrogen-bond donors (Lipinski definition) is 0. The van der Waals surface area contributed by atoms with Crippen molar-refractivity contribution in [1.82, 2.24) is 0 Å². The van der Waals surface area contributed by atoms with Crippen molar-refractivity contribution in [2.24, 2.45) is 23.7 Å². The molecule has 25 heavy (non-hydrogen) atoms. The van der Waals surface area contributed by atoms with E-state index < -0.39 is 0 Å². The van der Waals surface area contributed by atoms with E-state index in [1.165, 1.54) is 70.6 Å². The minimum atomic E-state index is 0.943. The molecule has 0 aromatic carbocycles. The molecule has 3 aliphatic rings. The molecule has 0 amide bonds. The molecule has 0 heteroatoms. The second-order valence-corrected chi connectivity index (χ2v) is 9.58. The van der Waals surface area contributed by atoms with Crippen molar-refractivity contribution in [2.45, 2.75) is 112 Å². The molecule has 0 nitrogen and oxygen atoms in total. The van der Waals surface area contributed by atoms with Gasteiger partial charge in [0.2, 0.25) is 0 Å². The quantitative estimate of drug-likeness (QED) is 0.304. The summed E-state index contributed by atoms with van der Waals surface area (Å²) in [4.78, 5) is 0. The summed E-state index contributed by atoms with van der Waals surface area (Å²) in [5.41, 5.74) is 3.17. The van der Waals surface area contributed by atoms with Crippen molar-refractivity contribution in [3.8, 4) is 0 Å².